The molecular weight excluding hydrogens is 360 g/mol. The fraction of sp³-hybridized carbons (Fsp3) is 0.368. The first-order valence-corrected chi connectivity index (χ1v) is 9.08. The number of rotatable bonds is 5. The van der Waals surface area contributed by atoms with Crippen LogP contribution < -0.4 is 14.4 Å². The highest BCUT2D eigenvalue weighted by atomic mass is 16.5. The maximum Gasteiger partial charge on any atom is 0.260 e. The highest BCUT2D eigenvalue weighted by Gasteiger charge is 2.24. The van der Waals surface area contributed by atoms with Crippen LogP contribution >= 0.6 is 0 Å². The molecule has 3 aromatic rings. The molecule has 4 rings (SSSR count). The van der Waals surface area contributed by atoms with Crippen LogP contribution in [-0.2, 0) is 11.8 Å². The fourth-order valence-corrected chi connectivity index (χ4v) is 3.28. The summed E-state index contributed by atoms with van der Waals surface area (Å²) in [5.74, 6) is 2.24. The third-order valence-corrected chi connectivity index (χ3v) is 4.86. The van der Waals surface area contributed by atoms with E-state index in [2.05, 4.69) is 20.0 Å². The third kappa shape index (κ3) is 3.55. The van der Waals surface area contributed by atoms with Crippen LogP contribution in [0.4, 0.5) is 5.82 Å². The molecule has 0 saturated carbocycles. The van der Waals surface area contributed by atoms with E-state index in [0.717, 1.165) is 22.6 Å². The Bertz CT molecular complexity index is 963. The van der Waals surface area contributed by atoms with E-state index in [9.17, 15) is 4.79 Å². The van der Waals surface area contributed by atoms with E-state index in [0.29, 0.717) is 31.9 Å². The average molecular weight is 382 g/mol. The van der Waals surface area contributed by atoms with E-state index in [-0.39, 0.29) is 12.5 Å². The number of methoxy groups -OCH3 is 1. The molecule has 1 aliphatic heterocycles. The molecule has 1 aliphatic rings. The number of amides is 1. The predicted octanol–water partition coefficient (Wildman–Crippen LogP) is 1.10. The van der Waals surface area contributed by atoms with Gasteiger partial charge in [-0.1, -0.05) is 0 Å². The third-order valence-electron chi connectivity index (χ3n) is 4.86. The van der Waals surface area contributed by atoms with Gasteiger partial charge >= 0.3 is 0 Å². The monoisotopic (exact) mass is 382 g/mol. The number of ether oxygens (including phenoxy) is 2. The first-order valence-electron chi connectivity index (χ1n) is 9.08. The van der Waals surface area contributed by atoms with Crippen molar-refractivity contribution in [3.8, 4) is 11.5 Å². The lowest BCUT2D eigenvalue weighted by Gasteiger charge is -2.35. The SMILES string of the molecule is COc1ccc(OCC(=O)N2CCN(c3ncnc4c3cnn4C)CC2)cc1. The molecule has 146 valence electrons. The van der Waals surface area contributed by atoms with E-state index >= 15 is 0 Å². The number of hydrogen-bond donors (Lipinski definition) is 0. The first kappa shape index (κ1) is 18.0. The summed E-state index contributed by atoms with van der Waals surface area (Å²) >= 11 is 0. The maximum absolute atomic E-state index is 12.5. The van der Waals surface area contributed by atoms with Crippen molar-refractivity contribution in [1.82, 2.24) is 24.6 Å². The molecule has 0 atom stereocenters. The Labute approximate surface area is 162 Å². The second kappa shape index (κ2) is 7.71. The molecule has 1 fully saturated rings. The lowest BCUT2D eigenvalue weighted by atomic mass is 10.2. The molecule has 1 amide bonds. The van der Waals surface area contributed by atoms with Gasteiger partial charge in [-0.2, -0.15) is 5.10 Å². The van der Waals surface area contributed by atoms with Crippen molar-refractivity contribution >= 4 is 22.8 Å². The van der Waals surface area contributed by atoms with Gasteiger partial charge in [-0.15, -0.1) is 0 Å². The number of fused-ring (bicyclic) bond motifs is 1. The summed E-state index contributed by atoms with van der Waals surface area (Å²) in [6, 6.07) is 7.19. The lowest BCUT2D eigenvalue weighted by molar-refractivity contribution is -0.133. The molecule has 9 heteroatoms. The Hall–Kier alpha value is -3.36. The van der Waals surface area contributed by atoms with E-state index in [1.54, 1.807) is 48.6 Å². The average Bonchev–Trinajstić information content (AvgIpc) is 3.13. The topological polar surface area (TPSA) is 85.6 Å². The van der Waals surface area contributed by atoms with Crippen LogP contribution in [0, 0.1) is 0 Å². The van der Waals surface area contributed by atoms with Crippen molar-refractivity contribution in [2.45, 2.75) is 0 Å². The Kier molecular flexibility index (Phi) is 4.96. The predicted molar refractivity (Wildman–Crippen MR) is 104 cm³/mol. The zero-order valence-electron chi connectivity index (χ0n) is 15.9. The van der Waals surface area contributed by atoms with Crippen molar-refractivity contribution < 1.29 is 14.3 Å². The smallest absolute Gasteiger partial charge is 0.260 e. The largest absolute Gasteiger partial charge is 0.497 e. The van der Waals surface area contributed by atoms with Gasteiger partial charge in [0.25, 0.3) is 5.91 Å². The van der Waals surface area contributed by atoms with Gasteiger partial charge in [0, 0.05) is 33.2 Å². The molecule has 0 N–H and O–H groups in total. The molecule has 0 unspecified atom stereocenters. The molecule has 28 heavy (non-hydrogen) atoms. The van der Waals surface area contributed by atoms with Gasteiger partial charge in [0.15, 0.2) is 12.3 Å². The van der Waals surface area contributed by atoms with Gasteiger partial charge in [-0.25, -0.2) is 9.97 Å². The van der Waals surface area contributed by atoms with Crippen LogP contribution in [-0.4, -0.2) is 70.5 Å². The minimum absolute atomic E-state index is 0.0205. The molecule has 9 nitrogen and oxygen atoms in total. The van der Waals surface area contributed by atoms with Crippen LogP contribution in [0.25, 0.3) is 11.0 Å². The molecule has 0 radical (unpaired) electrons. The molecule has 2 aromatic heterocycles. The number of anilines is 1. The van der Waals surface area contributed by atoms with Crippen LogP contribution in [0.1, 0.15) is 0 Å². The molecule has 1 saturated heterocycles. The summed E-state index contributed by atoms with van der Waals surface area (Å²) in [4.78, 5) is 25.2. The zero-order chi connectivity index (χ0) is 19.5. The lowest BCUT2D eigenvalue weighted by Crippen LogP contribution is -2.50. The van der Waals surface area contributed by atoms with E-state index < -0.39 is 0 Å². The number of aromatic nitrogens is 4. The Balaban J connectivity index is 1.33. The van der Waals surface area contributed by atoms with Crippen molar-refractivity contribution in [2.75, 3.05) is 44.8 Å². The van der Waals surface area contributed by atoms with Gasteiger partial charge in [0.2, 0.25) is 0 Å². The summed E-state index contributed by atoms with van der Waals surface area (Å²) in [5, 5.41) is 5.18. The molecule has 0 aliphatic carbocycles. The Morgan fingerprint density at radius 3 is 2.50 bits per heavy atom. The van der Waals surface area contributed by atoms with E-state index in [1.165, 1.54) is 0 Å². The number of aryl methyl sites for hydroxylation is 1. The van der Waals surface area contributed by atoms with Crippen LogP contribution in [0.3, 0.4) is 0 Å². The van der Waals surface area contributed by atoms with Gasteiger partial charge in [0.05, 0.1) is 18.7 Å². The first-order chi connectivity index (χ1) is 13.7. The van der Waals surface area contributed by atoms with Crippen LogP contribution in [0.5, 0.6) is 11.5 Å². The maximum atomic E-state index is 12.5. The quantitative estimate of drug-likeness (QED) is 0.653. The number of hydrogen-bond acceptors (Lipinski definition) is 7. The van der Waals surface area contributed by atoms with Gasteiger partial charge < -0.3 is 19.3 Å². The fourth-order valence-electron chi connectivity index (χ4n) is 3.28. The molecular formula is C19H22N6O3. The summed E-state index contributed by atoms with van der Waals surface area (Å²) in [5.41, 5.74) is 0.802. The molecule has 0 spiro atoms. The number of nitrogens with zero attached hydrogens (tertiary/aromatic N) is 6. The molecule has 0 bridgehead atoms. The van der Waals surface area contributed by atoms with Crippen molar-refractivity contribution in [2.24, 2.45) is 7.05 Å². The normalized spacial score (nSPS) is 14.4. The molecule has 3 heterocycles. The number of piperazine rings is 1. The second-order valence-electron chi connectivity index (χ2n) is 6.53. The highest BCUT2D eigenvalue weighted by Crippen LogP contribution is 2.23. The van der Waals surface area contributed by atoms with Crippen LogP contribution in [0.2, 0.25) is 0 Å². The molecule has 1 aromatic carbocycles. The van der Waals surface area contributed by atoms with Gasteiger partial charge in [-0.05, 0) is 24.3 Å². The summed E-state index contributed by atoms with van der Waals surface area (Å²) in [6.07, 6.45) is 3.34. The van der Waals surface area contributed by atoms with Crippen LogP contribution in [0.15, 0.2) is 36.8 Å². The van der Waals surface area contributed by atoms with Crippen molar-refractivity contribution in [3.63, 3.8) is 0 Å². The minimum Gasteiger partial charge on any atom is -0.497 e. The van der Waals surface area contributed by atoms with Crippen molar-refractivity contribution in [1.29, 1.82) is 0 Å². The number of benzene rings is 1. The standard InChI is InChI=1S/C19H22N6O3/c1-23-18-16(11-22-23)19(21-13-20-18)25-9-7-24(8-10-25)17(26)12-28-15-5-3-14(27-2)4-6-15/h3-6,11,13H,7-10,12H2,1-2H3. The Morgan fingerprint density at radius 1 is 1.07 bits per heavy atom. The zero-order valence-corrected chi connectivity index (χ0v) is 15.9. The summed E-state index contributed by atoms with van der Waals surface area (Å²) in [7, 11) is 3.47. The second-order valence-corrected chi connectivity index (χ2v) is 6.53. The van der Waals surface area contributed by atoms with E-state index in [4.69, 9.17) is 9.47 Å². The number of carbonyl (C=O) groups excluding carboxylic acids is 1. The van der Waals surface area contributed by atoms with E-state index in [1.807, 2.05) is 11.9 Å². The highest BCUT2D eigenvalue weighted by molar-refractivity contribution is 5.86. The summed E-state index contributed by atoms with van der Waals surface area (Å²) < 4.78 is 12.4. The summed E-state index contributed by atoms with van der Waals surface area (Å²) in [6.45, 7) is 2.67. The number of carbonyl (C=O) groups is 1. The van der Waals surface area contributed by atoms with Gasteiger partial charge in [0.1, 0.15) is 23.6 Å². The van der Waals surface area contributed by atoms with Gasteiger partial charge in [-0.3, -0.25) is 9.48 Å². The van der Waals surface area contributed by atoms with Crippen molar-refractivity contribution in [3.05, 3.63) is 36.8 Å². The Morgan fingerprint density at radius 2 is 1.79 bits per heavy atom. The minimum atomic E-state index is -0.0234.